The molecule has 0 amide bonds. The molecule has 3 aromatic heterocycles. The maximum atomic E-state index is 11.6. The molecule has 0 aliphatic heterocycles. The first-order chi connectivity index (χ1) is 16.2. The van der Waals surface area contributed by atoms with E-state index in [1.165, 1.54) is 12.1 Å². The lowest BCUT2D eigenvalue weighted by atomic mass is 10.1. The van der Waals surface area contributed by atoms with E-state index in [0.717, 1.165) is 6.26 Å². The van der Waals surface area contributed by atoms with Crippen molar-refractivity contribution in [2.75, 3.05) is 40.4 Å². The Hall–Kier alpha value is -4.46. The van der Waals surface area contributed by atoms with Crippen LogP contribution in [0.3, 0.4) is 0 Å². The van der Waals surface area contributed by atoms with Gasteiger partial charge in [-0.2, -0.15) is 0 Å². The number of nitrogens with zero attached hydrogens (tertiary/aromatic N) is 5. The third-order valence-electron chi connectivity index (χ3n) is 4.66. The third-order valence-corrected chi connectivity index (χ3v) is 5.27. The molecule has 0 radical (unpaired) electrons. The molecule has 0 atom stereocenters. The van der Waals surface area contributed by atoms with E-state index in [1.807, 2.05) is 6.07 Å². The molecule has 1 aromatic carbocycles. The van der Waals surface area contributed by atoms with Gasteiger partial charge in [0.1, 0.15) is 11.5 Å². The summed E-state index contributed by atoms with van der Waals surface area (Å²) >= 11 is 0. The topological polar surface area (TPSA) is 182 Å². The van der Waals surface area contributed by atoms with Gasteiger partial charge in [0, 0.05) is 48.9 Å². The van der Waals surface area contributed by atoms with Gasteiger partial charge in [-0.05, 0) is 18.2 Å². The smallest absolute Gasteiger partial charge is 0.311 e. The molecular formula is C20H21N9O4S. The standard InChI is InChI=1S/C20H21N9O4S/c1-34(32,33)27-14-4-2-3-13(11-14)15-12-18-23-9-10-28(18)20(25-15)24-8-7-22-17-6-5-16(29(30)31)19(21)26-17/h2-6,9-12,27H,7-8H2,1H3,(H,24,25)(H3,21,22,26). The molecule has 4 rings (SSSR count). The highest BCUT2D eigenvalue weighted by Crippen LogP contribution is 2.25. The summed E-state index contributed by atoms with van der Waals surface area (Å²) in [5.41, 5.74) is 7.78. The van der Waals surface area contributed by atoms with E-state index in [4.69, 9.17) is 5.73 Å². The van der Waals surface area contributed by atoms with Crippen molar-refractivity contribution < 1.29 is 13.3 Å². The molecule has 0 saturated heterocycles. The average molecular weight is 484 g/mol. The maximum Gasteiger partial charge on any atom is 0.311 e. The first-order valence-electron chi connectivity index (χ1n) is 10.0. The van der Waals surface area contributed by atoms with Gasteiger partial charge in [-0.25, -0.2) is 23.4 Å². The van der Waals surface area contributed by atoms with Crippen molar-refractivity contribution in [2.24, 2.45) is 0 Å². The van der Waals surface area contributed by atoms with Crippen molar-refractivity contribution >= 4 is 44.6 Å². The van der Waals surface area contributed by atoms with Crippen LogP contribution in [0.1, 0.15) is 0 Å². The van der Waals surface area contributed by atoms with Gasteiger partial charge in [-0.1, -0.05) is 12.1 Å². The second-order valence-corrected chi connectivity index (χ2v) is 9.04. The summed E-state index contributed by atoms with van der Waals surface area (Å²) in [6.45, 7) is 0.873. The van der Waals surface area contributed by atoms with Crippen molar-refractivity contribution in [3.63, 3.8) is 0 Å². The van der Waals surface area contributed by atoms with E-state index >= 15 is 0 Å². The zero-order chi connectivity index (χ0) is 24.3. The van der Waals surface area contributed by atoms with Crippen LogP contribution in [-0.4, -0.2) is 52.0 Å². The Kier molecular flexibility index (Phi) is 6.14. The minimum atomic E-state index is -3.41. The number of fused-ring (bicyclic) bond motifs is 1. The molecule has 5 N–H and O–H groups in total. The van der Waals surface area contributed by atoms with Crippen LogP contribution in [0.25, 0.3) is 16.9 Å². The minimum Gasteiger partial charge on any atom is -0.378 e. The molecule has 0 spiro atoms. The summed E-state index contributed by atoms with van der Waals surface area (Å²) in [5.74, 6) is 0.782. The molecule has 0 aliphatic carbocycles. The highest BCUT2D eigenvalue weighted by Gasteiger charge is 2.13. The number of benzene rings is 1. The zero-order valence-corrected chi connectivity index (χ0v) is 18.8. The first kappa shape index (κ1) is 22.7. The molecule has 4 aromatic rings. The van der Waals surface area contributed by atoms with Crippen LogP contribution in [0.15, 0.2) is 54.9 Å². The number of nitrogen functional groups attached to an aromatic ring is 1. The quantitative estimate of drug-likeness (QED) is 0.156. The number of anilines is 4. The van der Waals surface area contributed by atoms with Crippen LogP contribution in [0.2, 0.25) is 0 Å². The Morgan fingerprint density at radius 1 is 1.12 bits per heavy atom. The van der Waals surface area contributed by atoms with Crippen LogP contribution >= 0.6 is 0 Å². The van der Waals surface area contributed by atoms with Crippen molar-refractivity contribution in [3.05, 3.63) is 65.0 Å². The van der Waals surface area contributed by atoms with Gasteiger partial charge in [-0.15, -0.1) is 0 Å². The Bertz CT molecular complexity index is 1470. The Labute approximate surface area is 194 Å². The lowest BCUT2D eigenvalue weighted by Crippen LogP contribution is -2.17. The number of hydrogen-bond acceptors (Lipinski definition) is 10. The zero-order valence-electron chi connectivity index (χ0n) is 18.0. The van der Waals surface area contributed by atoms with Crippen LogP contribution in [0.4, 0.5) is 29.0 Å². The van der Waals surface area contributed by atoms with E-state index < -0.39 is 14.9 Å². The van der Waals surface area contributed by atoms with E-state index in [-0.39, 0.29) is 11.5 Å². The summed E-state index contributed by atoms with van der Waals surface area (Å²) in [4.78, 5) is 23.3. The second kappa shape index (κ2) is 9.19. The molecule has 0 fully saturated rings. The normalized spacial score (nSPS) is 11.3. The van der Waals surface area contributed by atoms with E-state index in [9.17, 15) is 18.5 Å². The van der Waals surface area contributed by atoms with E-state index in [1.54, 1.807) is 41.1 Å². The number of nitrogens with two attached hydrogens (primary N) is 1. The Morgan fingerprint density at radius 3 is 2.65 bits per heavy atom. The van der Waals surface area contributed by atoms with E-state index in [2.05, 4.69) is 30.3 Å². The van der Waals surface area contributed by atoms with Gasteiger partial charge in [0.15, 0.2) is 0 Å². The molecule has 0 aliphatic rings. The molecule has 0 bridgehead atoms. The molecular weight excluding hydrogens is 462 g/mol. The molecule has 13 nitrogen and oxygen atoms in total. The van der Waals surface area contributed by atoms with E-state index in [0.29, 0.717) is 47.4 Å². The monoisotopic (exact) mass is 483 g/mol. The summed E-state index contributed by atoms with van der Waals surface area (Å²) < 4.78 is 27.4. The Balaban J connectivity index is 1.49. The third kappa shape index (κ3) is 5.29. The maximum absolute atomic E-state index is 11.6. The number of hydrogen-bond donors (Lipinski definition) is 4. The van der Waals surface area contributed by atoms with Gasteiger partial charge in [0.05, 0.1) is 16.9 Å². The summed E-state index contributed by atoms with van der Waals surface area (Å²) in [6, 6.07) is 11.5. The number of rotatable bonds is 9. The fourth-order valence-corrected chi connectivity index (χ4v) is 3.79. The Morgan fingerprint density at radius 2 is 1.91 bits per heavy atom. The number of nitrogens with one attached hydrogen (secondary N) is 3. The summed E-state index contributed by atoms with van der Waals surface area (Å²) in [7, 11) is -3.41. The van der Waals surface area contributed by atoms with Crippen molar-refractivity contribution in [1.82, 2.24) is 19.4 Å². The lowest BCUT2D eigenvalue weighted by Gasteiger charge is -2.12. The van der Waals surface area contributed by atoms with Gasteiger partial charge in [0.25, 0.3) is 0 Å². The summed E-state index contributed by atoms with van der Waals surface area (Å²) in [5, 5.41) is 17.1. The molecule has 34 heavy (non-hydrogen) atoms. The number of imidazole rings is 1. The molecule has 0 unspecified atom stereocenters. The highest BCUT2D eigenvalue weighted by molar-refractivity contribution is 7.92. The number of nitro groups is 1. The SMILES string of the molecule is CS(=O)(=O)Nc1cccc(-c2cc3nccn3c(NCCNc3ccc([N+](=O)[O-])c(N)n3)n2)c1. The van der Waals surface area contributed by atoms with Crippen LogP contribution < -0.4 is 21.1 Å². The first-order valence-corrected chi connectivity index (χ1v) is 11.9. The predicted molar refractivity (Wildman–Crippen MR) is 129 cm³/mol. The van der Waals surface area contributed by atoms with Gasteiger partial charge in [0.2, 0.25) is 21.8 Å². The van der Waals surface area contributed by atoms with Gasteiger partial charge in [-0.3, -0.25) is 19.2 Å². The van der Waals surface area contributed by atoms with Gasteiger partial charge < -0.3 is 16.4 Å². The largest absolute Gasteiger partial charge is 0.378 e. The lowest BCUT2D eigenvalue weighted by molar-refractivity contribution is -0.384. The highest BCUT2D eigenvalue weighted by atomic mass is 32.2. The van der Waals surface area contributed by atoms with Crippen LogP contribution in [0.5, 0.6) is 0 Å². The minimum absolute atomic E-state index is 0.162. The van der Waals surface area contributed by atoms with Crippen molar-refractivity contribution in [2.45, 2.75) is 0 Å². The molecule has 0 saturated carbocycles. The summed E-state index contributed by atoms with van der Waals surface area (Å²) in [6.07, 6.45) is 4.50. The number of aromatic nitrogens is 4. The molecule has 14 heteroatoms. The molecule has 176 valence electrons. The van der Waals surface area contributed by atoms with Crippen LogP contribution in [0, 0.1) is 10.1 Å². The second-order valence-electron chi connectivity index (χ2n) is 7.29. The fourth-order valence-electron chi connectivity index (χ4n) is 3.24. The van der Waals surface area contributed by atoms with Crippen LogP contribution in [-0.2, 0) is 10.0 Å². The average Bonchev–Trinajstić information content (AvgIpc) is 3.24. The van der Waals surface area contributed by atoms with Crippen molar-refractivity contribution in [1.29, 1.82) is 0 Å². The predicted octanol–water partition coefficient (Wildman–Crippen LogP) is 2.18. The molecule has 3 heterocycles. The fraction of sp³-hybridized carbons (Fsp3) is 0.150. The number of pyridine rings is 1. The number of sulfonamides is 1. The van der Waals surface area contributed by atoms with Gasteiger partial charge >= 0.3 is 5.69 Å². The van der Waals surface area contributed by atoms with Crippen molar-refractivity contribution in [3.8, 4) is 11.3 Å².